The molecule has 0 atom stereocenters. The van der Waals surface area contributed by atoms with Crippen molar-refractivity contribution in [3.63, 3.8) is 0 Å². The van der Waals surface area contributed by atoms with E-state index < -0.39 is 0 Å². The Morgan fingerprint density at radius 3 is 2.71 bits per heavy atom. The fourth-order valence-corrected chi connectivity index (χ4v) is 1.47. The van der Waals surface area contributed by atoms with Gasteiger partial charge in [-0.1, -0.05) is 6.54 Å². The average Bonchev–Trinajstić information content (AvgIpc) is 2.72. The first-order valence-corrected chi connectivity index (χ1v) is 4.81. The molecule has 0 spiro atoms. The fourth-order valence-electron chi connectivity index (χ4n) is 1.47. The number of hydrogen-bond donors (Lipinski definition) is 0. The van der Waals surface area contributed by atoms with Crippen LogP contribution in [-0.2, 0) is 0 Å². The minimum Gasteiger partial charge on any atom is -0.497 e. The maximum Gasteiger partial charge on any atom is 0.166 e. The molecule has 1 aliphatic heterocycles. The van der Waals surface area contributed by atoms with Gasteiger partial charge in [0.05, 0.1) is 7.11 Å². The van der Waals surface area contributed by atoms with Crippen molar-refractivity contribution >= 4 is 6.21 Å². The summed E-state index contributed by atoms with van der Waals surface area (Å²) in [4.78, 5) is 0. The van der Waals surface area contributed by atoms with Crippen LogP contribution in [0.5, 0.6) is 5.75 Å². The van der Waals surface area contributed by atoms with Gasteiger partial charge >= 0.3 is 0 Å². The molecule has 1 fully saturated rings. The van der Waals surface area contributed by atoms with Gasteiger partial charge in [0.2, 0.25) is 0 Å². The molecule has 1 aromatic rings. The van der Waals surface area contributed by atoms with Crippen LogP contribution in [-0.4, -0.2) is 31.1 Å². The van der Waals surface area contributed by atoms with Gasteiger partial charge in [-0.05, 0) is 30.7 Å². The zero-order valence-corrected chi connectivity index (χ0v) is 8.31. The van der Waals surface area contributed by atoms with Crippen LogP contribution in [0.4, 0.5) is 0 Å². The lowest BCUT2D eigenvalue weighted by Crippen LogP contribution is -2.02. The van der Waals surface area contributed by atoms with Crippen LogP contribution in [0.15, 0.2) is 24.3 Å². The van der Waals surface area contributed by atoms with Crippen molar-refractivity contribution in [1.29, 1.82) is 0 Å². The third kappa shape index (κ3) is 2.05. The van der Waals surface area contributed by atoms with E-state index in [1.54, 1.807) is 7.11 Å². The lowest BCUT2D eigenvalue weighted by molar-refractivity contribution is -0.454. The van der Waals surface area contributed by atoms with Crippen LogP contribution in [0.25, 0.3) is 5.43 Å². The van der Waals surface area contributed by atoms with E-state index in [1.807, 2.05) is 28.9 Å². The number of methoxy groups -OCH3 is 1. The Balaban J connectivity index is 2.12. The minimum atomic E-state index is 0.889. The summed E-state index contributed by atoms with van der Waals surface area (Å²) in [5.74, 6) is 0.889. The molecule has 0 N–H and O–H groups in total. The van der Waals surface area contributed by atoms with Gasteiger partial charge in [0.25, 0.3) is 0 Å². The van der Waals surface area contributed by atoms with Crippen LogP contribution in [0.1, 0.15) is 12.0 Å². The third-order valence-corrected chi connectivity index (χ3v) is 2.24. The Kier molecular flexibility index (Phi) is 2.68. The number of hydrogen-bond acceptors (Lipinski definition) is 1. The summed E-state index contributed by atoms with van der Waals surface area (Å²) in [6.07, 6.45) is 3.22. The molecule has 0 unspecified atom stereocenters. The molecule has 14 heavy (non-hydrogen) atoms. The van der Waals surface area contributed by atoms with Gasteiger partial charge in [0, 0.05) is 5.56 Å². The highest BCUT2D eigenvalue weighted by Crippen LogP contribution is 2.11. The van der Waals surface area contributed by atoms with E-state index in [1.165, 1.54) is 0 Å². The highest BCUT2D eigenvalue weighted by molar-refractivity contribution is 5.76. The van der Waals surface area contributed by atoms with Gasteiger partial charge in [-0.25, -0.2) is 0 Å². The molecular weight excluding hydrogens is 176 g/mol. The second kappa shape index (κ2) is 4.13. The molecule has 2 rings (SSSR count). The van der Waals surface area contributed by atoms with Gasteiger partial charge in [0.1, 0.15) is 12.3 Å². The number of ether oxygens (including phenoxy) is 1. The van der Waals surface area contributed by atoms with E-state index in [4.69, 9.17) is 4.74 Å². The van der Waals surface area contributed by atoms with Crippen LogP contribution < -0.4 is 4.74 Å². The molecular formula is C11H14N2O. The van der Waals surface area contributed by atoms with E-state index in [9.17, 15) is 0 Å². The van der Waals surface area contributed by atoms with Crippen molar-refractivity contribution in [3.05, 3.63) is 35.3 Å². The van der Waals surface area contributed by atoms with E-state index in [2.05, 4.69) is 11.6 Å². The summed E-state index contributed by atoms with van der Waals surface area (Å²) in [5.41, 5.74) is 5.48. The second-order valence-electron chi connectivity index (χ2n) is 3.28. The zero-order chi connectivity index (χ0) is 9.80. The zero-order valence-electron chi connectivity index (χ0n) is 8.31. The predicted octanol–water partition coefficient (Wildman–Crippen LogP) is 1.82. The molecule has 0 radical (unpaired) electrons. The van der Waals surface area contributed by atoms with Crippen molar-refractivity contribution < 1.29 is 9.42 Å². The SMILES string of the molecule is COc1ccc(/C=[N+]2/CCC[N-]2)cc1. The molecule has 3 nitrogen and oxygen atoms in total. The molecule has 0 aromatic heterocycles. The normalized spacial score (nSPS) is 18.2. The van der Waals surface area contributed by atoms with Crippen LogP contribution >= 0.6 is 0 Å². The first-order chi connectivity index (χ1) is 6.88. The summed E-state index contributed by atoms with van der Waals surface area (Å²) in [6.45, 7) is 1.98. The first-order valence-electron chi connectivity index (χ1n) is 4.81. The number of nitrogens with zero attached hydrogens (tertiary/aromatic N) is 2. The molecule has 0 amide bonds. The Morgan fingerprint density at radius 1 is 1.36 bits per heavy atom. The molecule has 1 saturated heterocycles. The highest BCUT2D eigenvalue weighted by Gasteiger charge is 2.02. The highest BCUT2D eigenvalue weighted by atomic mass is 16.5. The largest absolute Gasteiger partial charge is 0.497 e. The van der Waals surface area contributed by atoms with Crippen molar-refractivity contribution in [2.75, 3.05) is 20.2 Å². The molecule has 3 heteroatoms. The molecule has 1 aromatic carbocycles. The maximum absolute atomic E-state index is 5.09. The van der Waals surface area contributed by atoms with Gasteiger partial charge in [-0.2, -0.15) is 0 Å². The van der Waals surface area contributed by atoms with Crippen LogP contribution in [0.3, 0.4) is 0 Å². The van der Waals surface area contributed by atoms with E-state index in [0.29, 0.717) is 0 Å². The predicted molar refractivity (Wildman–Crippen MR) is 56.1 cm³/mol. The summed E-state index contributed by atoms with van der Waals surface area (Å²) in [6, 6.07) is 7.99. The van der Waals surface area contributed by atoms with Crippen LogP contribution in [0, 0.1) is 0 Å². The molecule has 1 aliphatic rings. The molecule has 0 saturated carbocycles. The summed E-state index contributed by atoms with van der Waals surface area (Å²) < 4.78 is 7.09. The molecule has 0 bridgehead atoms. The van der Waals surface area contributed by atoms with Crippen molar-refractivity contribution in [2.24, 2.45) is 0 Å². The first kappa shape index (κ1) is 9.06. The van der Waals surface area contributed by atoms with E-state index in [-0.39, 0.29) is 0 Å². The molecule has 74 valence electrons. The third-order valence-electron chi connectivity index (χ3n) is 2.24. The summed E-state index contributed by atoms with van der Waals surface area (Å²) in [5, 5.41) is 0. The van der Waals surface area contributed by atoms with E-state index in [0.717, 1.165) is 30.8 Å². The minimum absolute atomic E-state index is 0.889. The lowest BCUT2D eigenvalue weighted by atomic mass is 10.2. The average molecular weight is 190 g/mol. The van der Waals surface area contributed by atoms with Gasteiger partial charge in [-0.15, -0.1) is 0 Å². The monoisotopic (exact) mass is 190 g/mol. The Morgan fingerprint density at radius 2 is 2.14 bits per heavy atom. The Labute approximate surface area is 84.0 Å². The quantitative estimate of drug-likeness (QED) is 0.653. The van der Waals surface area contributed by atoms with Crippen molar-refractivity contribution in [3.8, 4) is 5.75 Å². The second-order valence-corrected chi connectivity index (χ2v) is 3.28. The lowest BCUT2D eigenvalue weighted by Gasteiger charge is -2.04. The topological polar surface area (TPSA) is 26.3 Å². The Bertz CT molecular complexity index is 322. The standard InChI is InChI=1S/C11H14N2O/c1-14-11-5-3-10(4-6-11)9-13-8-2-7-12-13/h3-6,9H,2,7-8H2,1H3/b13-9-. The number of benzene rings is 1. The van der Waals surface area contributed by atoms with Crippen molar-refractivity contribution in [1.82, 2.24) is 0 Å². The summed E-state index contributed by atoms with van der Waals surface area (Å²) in [7, 11) is 1.68. The summed E-state index contributed by atoms with van der Waals surface area (Å²) >= 11 is 0. The van der Waals surface area contributed by atoms with Gasteiger partial charge in [-0.3, -0.25) is 4.68 Å². The molecule has 1 heterocycles. The Hall–Kier alpha value is -1.51. The van der Waals surface area contributed by atoms with E-state index >= 15 is 0 Å². The van der Waals surface area contributed by atoms with Crippen molar-refractivity contribution in [2.45, 2.75) is 6.42 Å². The smallest absolute Gasteiger partial charge is 0.166 e. The maximum atomic E-state index is 5.09. The molecule has 0 aliphatic carbocycles. The van der Waals surface area contributed by atoms with Crippen LogP contribution in [0.2, 0.25) is 0 Å². The van der Waals surface area contributed by atoms with Gasteiger partial charge in [0.15, 0.2) is 6.21 Å². The number of rotatable bonds is 2. The fraction of sp³-hybridized carbons (Fsp3) is 0.364. The van der Waals surface area contributed by atoms with Gasteiger partial charge < -0.3 is 10.2 Å².